The zero-order valence-electron chi connectivity index (χ0n) is 20.6. The zero-order chi connectivity index (χ0) is 24.6. The number of nitrogens with zero attached hydrogens (tertiary/aromatic N) is 1. The highest BCUT2D eigenvalue weighted by Crippen LogP contribution is 2.33. The van der Waals surface area contributed by atoms with E-state index < -0.39 is 40.5 Å². The second-order valence-corrected chi connectivity index (χ2v) is 8.74. The molecule has 2 N–H and O–H groups in total. The molecule has 7 heteroatoms. The number of hydrogen-bond acceptors (Lipinski definition) is 4. The van der Waals surface area contributed by atoms with E-state index in [1.54, 1.807) is 0 Å². The zero-order valence-corrected chi connectivity index (χ0v) is 20.6. The number of carbonyl (C=O) groups is 3. The Morgan fingerprint density at radius 2 is 1.16 bits per heavy atom. The van der Waals surface area contributed by atoms with Gasteiger partial charge in [0.25, 0.3) is 0 Å². The summed E-state index contributed by atoms with van der Waals surface area (Å²) in [5.41, 5.74) is 0. The Labute approximate surface area is 194 Å². The van der Waals surface area contributed by atoms with Gasteiger partial charge in [-0.25, -0.2) is 9.59 Å². The van der Waals surface area contributed by atoms with E-state index >= 15 is 0 Å². The van der Waals surface area contributed by atoms with Crippen LogP contribution in [-0.4, -0.2) is 57.3 Å². The summed E-state index contributed by atoms with van der Waals surface area (Å²) in [4.78, 5) is 37.1. The number of hydrogen-bond donors (Lipinski definition) is 2. The predicted molar refractivity (Wildman–Crippen MR) is 124 cm³/mol. The van der Waals surface area contributed by atoms with Gasteiger partial charge in [0, 0.05) is 25.7 Å². The van der Waals surface area contributed by atoms with Crippen LogP contribution in [0.1, 0.15) is 105 Å². The van der Waals surface area contributed by atoms with E-state index in [-0.39, 0.29) is 25.8 Å². The van der Waals surface area contributed by atoms with Gasteiger partial charge in [0.15, 0.2) is 12.1 Å². The van der Waals surface area contributed by atoms with Crippen LogP contribution in [0.2, 0.25) is 0 Å². The molecule has 0 aromatic heterocycles. The van der Waals surface area contributed by atoms with E-state index in [0.717, 1.165) is 19.3 Å². The number of quaternary nitrogens is 1. The van der Waals surface area contributed by atoms with Gasteiger partial charge in [-0.1, -0.05) is 59.1 Å². The third kappa shape index (κ3) is 8.93. The fraction of sp³-hybridized carbons (Fsp3) is 0.800. The molecule has 0 aliphatic rings. The minimum absolute atomic E-state index is 0.186. The van der Waals surface area contributed by atoms with Crippen LogP contribution >= 0.6 is 0 Å². The maximum absolute atomic E-state index is 12.4. The Kier molecular flexibility index (Phi) is 15.7. The van der Waals surface area contributed by atoms with E-state index in [0.29, 0.717) is 32.1 Å². The first-order valence-corrected chi connectivity index (χ1v) is 12.4. The number of unbranched alkanes of at least 4 members (excludes halogenated alkanes) is 4. The number of carboxylic acid groups (broad SMARTS) is 3. The van der Waals surface area contributed by atoms with Crippen molar-refractivity contribution < 1.29 is 34.2 Å². The van der Waals surface area contributed by atoms with Gasteiger partial charge in [0.1, 0.15) is 6.04 Å². The summed E-state index contributed by atoms with van der Waals surface area (Å²) in [6.07, 6.45) is 12.0. The first-order chi connectivity index (χ1) is 15.2. The minimum Gasteiger partial charge on any atom is -0.544 e. The maximum atomic E-state index is 12.4. The number of rotatable bonds is 20. The lowest BCUT2D eigenvalue weighted by Crippen LogP contribution is -2.74. The van der Waals surface area contributed by atoms with Gasteiger partial charge < -0.3 is 20.1 Å². The molecular weight excluding hydrogens is 410 g/mol. The van der Waals surface area contributed by atoms with Crippen molar-refractivity contribution >= 4 is 17.9 Å². The Balaban J connectivity index is 6.25. The predicted octanol–water partition coefficient (Wildman–Crippen LogP) is 4.15. The molecule has 0 fully saturated rings. The average molecular weight is 456 g/mol. The van der Waals surface area contributed by atoms with E-state index in [1.807, 2.05) is 26.8 Å². The van der Waals surface area contributed by atoms with Crippen molar-refractivity contribution in [3.05, 3.63) is 12.2 Å². The topological polar surface area (TPSA) is 115 Å². The highest BCUT2D eigenvalue weighted by molar-refractivity contribution is 5.77. The van der Waals surface area contributed by atoms with Crippen molar-refractivity contribution in [2.24, 2.45) is 0 Å². The van der Waals surface area contributed by atoms with Crippen LogP contribution in [0, 0.1) is 0 Å². The summed E-state index contributed by atoms with van der Waals surface area (Å²) in [6.45, 7) is 7.84. The third-order valence-electron chi connectivity index (χ3n) is 6.33. The van der Waals surface area contributed by atoms with Gasteiger partial charge in [-0.3, -0.25) is 4.48 Å². The normalized spacial score (nSPS) is 16.4. The molecule has 32 heavy (non-hydrogen) atoms. The fourth-order valence-electron chi connectivity index (χ4n) is 4.86. The van der Waals surface area contributed by atoms with Crippen LogP contribution in [0.25, 0.3) is 0 Å². The molecule has 0 rings (SSSR count). The molecule has 0 saturated carbocycles. The summed E-state index contributed by atoms with van der Waals surface area (Å²) in [5, 5.41) is 32.6. The first kappa shape index (κ1) is 30.1. The quantitative estimate of drug-likeness (QED) is 0.162. The molecule has 0 aliphatic carbocycles. The van der Waals surface area contributed by atoms with Gasteiger partial charge in [-0.15, -0.1) is 0 Å². The largest absolute Gasteiger partial charge is 0.544 e. The monoisotopic (exact) mass is 455 g/mol. The summed E-state index contributed by atoms with van der Waals surface area (Å²) in [7, 11) is 0. The van der Waals surface area contributed by atoms with Crippen molar-refractivity contribution in [2.75, 3.05) is 6.54 Å². The molecule has 7 nitrogen and oxygen atoms in total. The molecule has 0 radical (unpaired) electrons. The van der Waals surface area contributed by atoms with E-state index in [2.05, 4.69) is 13.0 Å². The highest BCUT2D eigenvalue weighted by atomic mass is 16.4. The SMILES string of the molecule is CCCCC/C=C/CCC[N+](C(CCC)C(=O)[O-])(C(CCC)C(=O)O)C(CCC)C(=O)O. The minimum atomic E-state index is -1.35. The van der Waals surface area contributed by atoms with Crippen LogP contribution in [0.3, 0.4) is 0 Å². The molecule has 0 aliphatic heterocycles. The second-order valence-electron chi connectivity index (χ2n) is 8.74. The molecule has 0 heterocycles. The van der Waals surface area contributed by atoms with Crippen molar-refractivity contribution in [1.29, 1.82) is 0 Å². The van der Waals surface area contributed by atoms with Gasteiger partial charge in [0.05, 0.1) is 12.5 Å². The molecule has 0 saturated heterocycles. The molecule has 0 aromatic carbocycles. The molecule has 186 valence electrons. The van der Waals surface area contributed by atoms with Crippen molar-refractivity contribution in [3.8, 4) is 0 Å². The lowest BCUT2D eigenvalue weighted by molar-refractivity contribution is -0.975. The third-order valence-corrected chi connectivity index (χ3v) is 6.33. The summed E-state index contributed by atoms with van der Waals surface area (Å²) in [6, 6.07) is -3.37. The molecule has 0 amide bonds. The van der Waals surface area contributed by atoms with E-state index in [9.17, 15) is 29.7 Å². The lowest BCUT2D eigenvalue weighted by Gasteiger charge is -2.52. The van der Waals surface area contributed by atoms with Gasteiger partial charge in [-0.05, 0) is 32.1 Å². The Bertz CT molecular complexity index is 529. The molecule has 3 atom stereocenters. The van der Waals surface area contributed by atoms with Crippen LogP contribution < -0.4 is 5.11 Å². The van der Waals surface area contributed by atoms with Gasteiger partial charge >= 0.3 is 11.9 Å². The summed E-state index contributed by atoms with van der Waals surface area (Å²) >= 11 is 0. The second kappa shape index (κ2) is 16.7. The van der Waals surface area contributed by atoms with E-state index in [4.69, 9.17) is 0 Å². The van der Waals surface area contributed by atoms with Gasteiger partial charge in [-0.2, -0.15) is 0 Å². The standard InChI is InChI=1S/C25H45NO6/c1-5-9-10-11-12-13-14-15-19-26(20(16-6-2)23(27)28,21(17-7-3)24(29)30)22(18-8-4)25(31)32/h12-13,20-22H,5-11,14-19H2,1-4H3,(H2-,27,28,29,30,31,32)/b13-12+. The summed E-state index contributed by atoms with van der Waals surface area (Å²) in [5.74, 6) is -3.62. The molecule has 0 bridgehead atoms. The van der Waals surface area contributed by atoms with E-state index in [1.165, 1.54) is 6.42 Å². The Morgan fingerprint density at radius 1 is 0.719 bits per heavy atom. The smallest absolute Gasteiger partial charge is 0.362 e. The maximum Gasteiger partial charge on any atom is 0.362 e. The van der Waals surface area contributed by atoms with Crippen molar-refractivity contribution in [1.82, 2.24) is 0 Å². The highest BCUT2D eigenvalue weighted by Gasteiger charge is 2.54. The lowest BCUT2D eigenvalue weighted by atomic mass is 9.91. The number of carbonyl (C=O) groups excluding carboxylic acids is 1. The van der Waals surface area contributed by atoms with Crippen LogP contribution in [-0.2, 0) is 14.4 Å². The van der Waals surface area contributed by atoms with Crippen LogP contribution in [0.4, 0.5) is 0 Å². The van der Waals surface area contributed by atoms with Crippen LogP contribution in [0.5, 0.6) is 0 Å². The number of aliphatic carboxylic acids is 3. The van der Waals surface area contributed by atoms with Crippen molar-refractivity contribution in [3.63, 3.8) is 0 Å². The molecule has 0 aromatic rings. The Hall–Kier alpha value is -1.89. The Morgan fingerprint density at radius 3 is 1.53 bits per heavy atom. The van der Waals surface area contributed by atoms with Crippen LogP contribution in [0.15, 0.2) is 12.2 Å². The molecule has 0 spiro atoms. The van der Waals surface area contributed by atoms with Crippen molar-refractivity contribution in [2.45, 2.75) is 123 Å². The average Bonchev–Trinajstić information content (AvgIpc) is 2.73. The molecule has 3 unspecified atom stereocenters. The number of allylic oxidation sites excluding steroid dienone is 2. The summed E-state index contributed by atoms with van der Waals surface area (Å²) < 4.78 is -0.466. The first-order valence-electron chi connectivity index (χ1n) is 12.4. The van der Waals surface area contributed by atoms with Gasteiger partial charge in [0.2, 0.25) is 0 Å². The fourth-order valence-corrected chi connectivity index (χ4v) is 4.86. The number of carboxylic acids is 3. The molecular formula is C25H45NO6.